The van der Waals surface area contributed by atoms with E-state index >= 15 is 0 Å². The first-order chi connectivity index (χ1) is 17.2. The molecule has 0 bridgehead atoms. The molecule has 2 aromatic rings. The molecule has 0 saturated carbocycles. The number of benzene rings is 2. The number of esters is 1. The van der Waals surface area contributed by atoms with Crippen LogP contribution in [-0.2, 0) is 19.1 Å². The number of methoxy groups -OCH3 is 1. The highest BCUT2D eigenvalue weighted by molar-refractivity contribution is 6.06. The second kappa shape index (κ2) is 10.3. The first-order valence-electron chi connectivity index (χ1n) is 11.0. The number of ketones is 1. The van der Waals surface area contributed by atoms with Crippen molar-refractivity contribution in [3.8, 4) is 0 Å². The molecule has 3 unspecified atom stereocenters. The molecular weight excluding hydrogens is 487 g/mol. The van der Waals surface area contributed by atoms with Crippen LogP contribution in [0.15, 0.2) is 40.3 Å². The van der Waals surface area contributed by atoms with Gasteiger partial charge in [-0.15, -0.1) is 0 Å². The lowest BCUT2D eigenvalue weighted by Crippen LogP contribution is -2.49. The first-order valence-corrected chi connectivity index (χ1v) is 11.0. The third-order valence-electron chi connectivity index (χ3n) is 6.46. The number of hydrogen-bond acceptors (Lipinski definition) is 6. The molecule has 36 heavy (non-hydrogen) atoms. The van der Waals surface area contributed by atoms with E-state index in [1.54, 1.807) is 30.3 Å². The van der Waals surface area contributed by atoms with Crippen molar-refractivity contribution in [1.29, 1.82) is 0 Å². The van der Waals surface area contributed by atoms with Gasteiger partial charge < -0.3 is 9.47 Å². The van der Waals surface area contributed by atoms with Crippen LogP contribution in [0.2, 0.25) is 0 Å². The molecule has 5 atom stereocenters. The third-order valence-corrected chi connectivity index (χ3v) is 6.46. The minimum atomic E-state index is -2.34. The largest absolute Gasteiger partial charge is 0.462 e. The highest BCUT2D eigenvalue weighted by Gasteiger charge is 2.51. The number of Topliss-reactive ketones (excluding diaryl/α,β-unsaturated/α-hetero) is 1. The van der Waals surface area contributed by atoms with E-state index in [1.807, 2.05) is 0 Å². The Kier molecular flexibility index (Phi) is 7.30. The standard InChI is InChI=1S/C25H21F5N2O4/c1-11-16(25(34)36-10-15(35-2)12-6-4-3-5-7-12)18(17-13(32-11)8-31-9-14(17)33)19-20(26)22(28)24(30)23(29)21(19)27/h3-8,13,15-18H,9-10H2,1-2H3/t13?,15-,16?,17?,18-/m1/s1. The average molecular weight is 508 g/mol. The van der Waals surface area contributed by atoms with Crippen molar-refractivity contribution in [2.75, 3.05) is 20.3 Å². The lowest BCUT2D eigenvalue weighted by molar-refractivity contribution is -0.151. The SMILES string of the molecule is CO[C@H](COC(=O)C1C(C)=NC2C=NCC(=O)C2[C@@H]1c1c(F)c(F)c(F)c(F)c1F)c1ccccc1. The van der Waals surface area contributed by atoms with Crippen LogP contribution in [0.3, 0.4) is 0 Å². The second-order valence-corrected chi connectivity index (χ2v) is 8.50. The van der Waals surface area contributed by atoms with Gasteiger partial charge in [-0.2, -0.15) is 0 Å². The molecule has 2 heterocycles. The monoisotopic (exact) mass is 508 g/mol. The molecule has 2 aromatic carbocycles. The Morgan fingerprint density at radius 3 is 2.22 bits per heavy atom. The number of carbonyl (C=O) groups excluding carboxylic acids is 2. The van der Waals surface area contributed by atoms with E-state index in [0.29, 0.717) is 5.56 Å². The maximum atomic E-state index is 14.9. The summed E-state index contributed by atoms with van der Waals surface area (Å²) in [4.78, 5) is 34.2. The average Bonchev–Trinajstić information content (AvgIpc) is 2.87. The van der Waals surface area contributed by atoms with Crippen molar-refractivity contribution in [3.63, 3.8) is 0 Å². The number of carbonyl (C=O) groups is 2. The van der Waals surface area contributed by atoms with Crippen LogP contribution in [0.4, 0.5) is 22.0 Å². The van der Waals surface area contributed by atoms with Crippen LogP contribution in [0, 0.1) is 40.9 Å². The highest BCUT2D eigenvalue weighted by atomic mass is 19.2. The van der Waals surface area contributed by atoms with Crippen molar-refractivity contribution < 1.29 is 41.0 Å². The van der Waals surface area contributed by atoms with E-state index < -0.39 is 76.3 Å². The summed E-state index contributed by atoms with van der Waals surface area (Å²) in [5.41, 5.74) is -0.575. The zero-order chi connectivity index (χ0) is 26.1. The number of fused-ring (bicyclic) bond motifs is 1. The lowest BCUT2D eigenvalue weighted by Gasteiger charge is -2.39. The summed E-state index contributed by atoms with van der Waals surface area (Å²) < 4.78 is 82.7. The molecule has 0 aliphatic carbocycles. The zero-order valence-electron chi connectivity index (χ0n) is 19.2. The van der Waals surface area contributed by atoms with Crippen LogP contribution in [0.1, 0.15) is 30.1 Å². The van der Waals surface area contributed by atoms with Crippen LogP contribution in [0.5, 0.6) is 0 Å². The maximum absolute atomic E-state index is 14.9. The smallest absolute Gasteiger partial charge is 0.315 e. The fourth-order valence-electron chi connectivity index (χ4n) is 4.74. The predicted molar refractivity (Wildman–Crippen MR) is 118 cm³/mol. The topological polar surface area (TPSA) is 77.3 Å². The molecule has 0 saturated heterocycles. The Bertz CT molecular complexity index is 1220. The normalized spacial score (nSPS) is 24.2. The molecule has 0 aromatic heterocycles. The van der Waals surface area contributed by atoms with E-state index in [0.717, 1.165) is 0 Å². The number of ether oxygens (including phenoxy) is 2. The van der Waals surface area contributed by atoms with Gasteiger partial charge in [0.1, 0.15) is 18.6 Å². The molecule has 190 valence electrons. The fourth-order valence-corrected chi connectivity index (χ4v) is 4.74. The van der Waals surface area contributed by atoms with E-state index in [9.17, 15) is 31.5 Å². The number of nitrogens with zero attached hydrogens (tertiary/aromatic N) is 2. The Labute approximate surface area is 202 Å². The highest BCUT2D eigenvalue weighted by Crippen LogP contribution is 2.44. The van der Waals surface area contributed by atoms with E-state index in [1.165, 1.54) is 20.2 Å². The number of hydrogen-bond donors (Lipinski definition) is 0. The molecule has 4 rings (SSSR count). The van der Waals surface area contributed by atoms with Gasteiger partial charge in [-0.3, -0.25) is 19.6 Å². The summed E-state index contributed by atoms with van der Waals surface area (Å²) in [7, 11) is 1.39. The fraction of sp³-hybridized carbons (Fsp3) is 0.360. The first kappa shape index (κ1) is 25.6. The molecule has 11 heteroatoms. The maximum Gasteiger partial charge on any atom is 0.315 e. The number of halogens is 5. The summed E-state index contributed by atoms with van der Waals surface area (Å²) in [6.07, 6.45) is 0.576. The van der Waals surface area contributed by atoms with Gasteiger partial charge in [-0.25, -0.2) is 22.0 Å². The zero-order valence-corrected chi connectivity index (χ0v) is 19.2. The Hall–Kier alpha value is -3.47. The van der Waals surface area contributed by atoms with Gasteiger partial charge in [-0.1, -0.05) is 30.3 Å². The molecule has 0 fully saturated rings. The number of rotatable bonds is 6. The molecule has 0 spiro atoms. The Balaban J connectivity index is 1.77. The lowest BCUT2D eigenvalue weighted by atomic mass is 9.67. The van der Waals surface area contributed by atoms with Crippen molar-refractivity contribution in [2.45, 2.75) is 25.0 Å². The van der Waals surface area contributed by atoms with Crippen molar-refractivity contribution >= 4 is 23.7 Å². The van der Waals surface area contributed by atoms with Gasteiger partial charge in [-0.05, 0) is 12.5 Å². The summed E-state index contributed by atoms with van der Waals surface area (Å²) in [6, 6.07) is 7.70. The molecule has 0 amide bonds. The molecule has 2 aliphatic heterocycles. The van der Waals surface area contributed by atoms with Crippen molar-refractivity contribution in [3.05, 3.63) is 70.5 Å². The Morgan fingerprint density at radius 1 is 1.00 bits per heavy atom. The summed E-state index contributed by atoms with van der Waals surface area (Å²) in [5, 5.41) is 0. The van der Waals surface area contributed by atoms with Crippen LogP contribution < -0.4 is 0 Å². The van der Waals surface area contributed by atoms with Gasteiger partial charge in [0, 0.05) is 30.5 Å². The van der Waals surface area contributed by atoms with Crippen molar-refractivity contribution in [1.82, 2.24) is 0 Å². The van der Waals surface area contributed by atoms with E-state index in [-0.39, 0.29) is 18.9 Å². The van der Waals surface area contributed by atoms with Gasteiger partial charge in [0.15, 0.2) is 29.1 Å². The minimum absolute atomic E-state index is 0.00465. The van der Waals surface area contributed by atoms with Gasteiger partial charge in [0.2, 0.25) is 5.82 Å². The number of aliphatic imine (C=N–C) groups is 2. The molecule has 2 aliphatic rings. The van der Waals surface area contributed by atoms with E-state index in [4.69, 9.17) is 9.47 Å². The predicted octanol–water partition coefficient (Wildman–Crippen LogP) is 4.13. The molecule has 6 nitrogen and oxygen atoms in total. The molecule has 0 N–H and O–H groups in total. The summed E-state index contributed by atoms with van der Waals surface area (Å²) in [6.45, 7) is 0.665. The van der Waals surface area contributed by atoms with Crippen molar-refractivity contribution in [2.24, 2.45) is 21.8 Å². The molecule has 0 radical (unpaired) electrons. The molecular formula is C25H21F5N2O4. The van der Waals surface area contributed by atoms with Crippen LogP contribution in [-0.4, -0.2) is 50.0 Å². The second-order valence-electron chi connectivity index (χ2n) is 8.50. The van der Waals surface area contributed by atoms with Gasteiger partial charge in [0.25, 0.3) is 0 Å². The van der Waals surface area contributed by atoms with E-state index in [2.05, 4.69) is 9.98 Å². The summed E-state index contributed by atoms with van der Waals surface area (Å²) in [5.74, 6) is -17.3. The quantitative estimate of drug-likeness (QED) is 0.255. The third kappa shape index (κ3) is 4.43. The van der Waals surface area contributed by atoms with Gasteiger partial charge in [0.05, 0.1) is 18.5 Å². The van der Waals surface area contributed by atoms with Gasteiger partial charge >= 0.3 is 5.97 Å². The van der Waals surface area contributed by atoms with Crippen LogP contribution >= 0.6 is 0 Å². The Morgan fingerprint density at radius 2 is 1.61 bits per heavy atom. The summed E-state index contributed by atoms with van der Waals surface area (Å²) >= 11 is 0. The minimum Gasteiger partial charge on any atom is -0.462 e. The van der Waals surface area contributed by atoms with Crippen LogP contribution in [0.25, 0.3) is 0 Å².